The van der Waals surface area contributed by atoms with Crippen LogP contribution in [0.25, 0.3) is 0 Å². The number of benzene rings is 1. The van der Waals surface area contributed by atoms with Crippen LogP contribution >= 0.6 is 0 Å². The lowest BCUT2D eigenvalue weighted by Crippen LogP contribution is -2.38. The van der Waals surface area contributed by atoms with Crippen molar-refractivity contribution in [2.45, 2.75) is 38.3 Å². The maximum absolute atomic E-state index is 12.6. The van der Waals surface area contributed by atoms with Gasteiger partial charge in [0.2, 0.25) is 0 Å². The molecule has 0 amide bonds. The van der Waals surface area contributed by atoms with E-state index in [2.05, 4.69) is 10.9 Å². The lowest BCUT2D eigenvalue weighted by molar-refractivity contribution is 0.432. The highest BCUT2D eigenvalue weighted by Gasteiger charge is 2.13. The lowest BCUT2D eigenvalue weighted by atomic mass is 10.2. The van der Waals surface area contributed by atoms with Crippen molar-refractivity contribution in [2.75, 3.05) is 0 Å². The van der Waals surface area contributed by atoms with Crippen molar-refractivity contribution in [1.82, 2.24) is 10.9 Å². The van der Waals surface area contributed by atoms with E-state index in [0.29, 0.717) is 6.04 Å². The predicted octanol–water partition coefficient (Wildman–Crippen LogP) is 2.36. The van der Waals surface area contributed by atoms with Crippen LogP contribution in [0.5, 0.6) is 0 Å². The van der Waals surface area contributed by atoms with Gasteiger partial charge >= 0.3 is 0 Å². The van der Waals surface area contributed by atoms with Gasteiger partial charge in [0.25, 0.3) is 0 Å². The first-order chi connectivity index (χ1) is 7.34. The van der Waals surface area contributed by atoms with E-state index in [0.717, 1.165) is 12.1 Å². The van der Waals surface area contributed by atoms with Crippen LogP contribution in [0.3, 0.4) is 0 Å². The average Bonchev–Trinajstić information content (AvgIpc) is 2.74. The molecule has 0 atom stereocenters. The van der Waals surface area contributed by atoms with Gasteiger partial charge in [0, 0.05) is 12.6 Å². The molecule has 1 aromatic rings. The Labute approximate surface area is 89.9 Å². The topological polar surface area (TPSA) is 24.1 Å². The molecule has 82 valence electrons. The van der Waals surface area contributed by atoms with Crippen LogP contribution in [0.1, 0.15) is 31.2 Å². The maximum Gasteiger partial charge on any atom is 0.123 e. The van der Waals surface area contributed by atoms with Gasteiger partial charge in [0.05, 0.1) is 0 Å². The summed E-state index contributed by atoms with van der Waals surface area (Å²) >= 11 is 0. The molecule has 2 N–H and O–H groups in total. The Hall–Kier alpha value is -0.930. The molecule has 0 unspecified atom stereocenters. The minimum Gasteiger partial charge on any atom is -0.254 e. The van der Waals surface area contributed by atoms with E-state index >= 15 is 0 Å². The van der Waals surface area contributed by atoms with Crippen molar-refractivity contribution in [1.29, 1.82) is 0 Å². The van der Waals surface area contributed by atoms with Gasteiger partial charge < -0.3 is 0 Å². The number of nitrogens with one attached hydrogen (secondary N) is 2. The predicted molar refractivity (Wildman–Crippen MR) is 58.6 cm³/mol. The van der Waals surface area contributed by atoms with Gasteiger partial charge in [-0.1, -0.05) is 25.0 Å². The lowest BCUT2D eigenvalue weighted by Gasteiger charge is -2.12. The zero-order valence-corrected chi connectivity index (χ0v) is 8.80. The van der Waals surface area contributed by atoms with E-state index in [1.165, 1.54) is 37.8 Å². The molecule has 0 bridgehead atoms. The Morgan fingerprint density at radius 1 is 1.13 bits per heavy atom. The maximum atomic E-state index is 12.6. The van der Waals surface area contributed by atoms with Gasteiger partial charge in [-0.3, -0.25) is 10.9 Å². The Bertz CT molecular complexity index is 291. The molecule has 1 aliphatic rings. The molecular formula is C12H17FN2. The summed E-state index contributed by atoms with van der Waals surface area (Å²) in [6.07, 6.45) is 5.18. The minimum absolute atomic E-state index is 0.178. The monoisotopic (exact) mass is 208 g/mol. The van der Waals surface area contributed by atoms with E-state index in [-0.39, 0.29) is 5.82 Å². The second-order valence-electron chi connectivity index (χ2n) is 4.11. The van der Waals surface area contributed by atoms with Crippen LogP contribution in [-0.4, -0.2) is 6.04 Å². The molecule has 1 aromatic carbocycles. The summed E-state index contributed by atoms with van der Waals surface area (Å²) in [7, 11) is 0. The fourth-order valence-electron chi connectivity index (χ4n) is 1.97. The largest absolute Gasteiger partial charge is 0.254 e. The normalized spacial score (nSPS) is 17.1. The van der Waals surface area contributed by atoms with Crippen molar-refractivity contribution < 1.29 is 4.39 Å². The minimum atomic E-state index is -0.178. The van der Waals surface area contributed by atoms with Gasteiger partial charge in [0.15, 0.2) is 0 Å². The Kier molecular flexibility index (Phi) is 3.69. The molecule has 2 nitrogen and oxygen atoms in total. The molecule has 2 rings (SSSR count). The first-order valence-electron chi connectivity index (χ1n) is 5.57. The summed E-state index contributed by atoms with van der Waals surface area (Å²) < 4.78 is 12.6. The van der Waals surface area contributed by atoms with Crippen LogP contribution in [0.15, 0.2) is 24.3 Å². The number of hydrazine groups is 1. The third-order valence-corrected chi connectivity index (χ3v) is 2.87. The SMILES string of the molecule is Fc1ccc(CNNC2CCCC2)cc1. The standard InChI is InChI=1S/C12H17FN2/c13-11-7-5-10(6-8-11)9-14-15-12-3-1-2-4-12/h5-8,12,14-15H,1-4,9H2. The summed E-state index contributed by atoms with van der Waals surface area (Å²) in [6, 6.07) is 7.21. The van der Waals surface area contributed by atoms with Crippen LogP contribution in [0.2, 0.25) is 0 Å². The highest BCUT2D eigenvalue weighted by atomic mass is 19.1. The molecule has 0 heterocycles. The second kappa shape index (κ2) is 5.24. The number of hydrogen-bond donors (Lipinski definition) is 2. The summed E-state index contributed by atoms with van der Waals surface area (Å²) in [5.41, 5.74) is 7.59. The summed E-state index contributed by atoms with van der Waals surface area (Å²) in [4.78, 5) is 0. The zero-order chi connectivity index (χ0) is 10.5. The summed E-state index contributed by atoms with van der Waals surface area (Å²) in [6.45, 7) is 0.747. The van der Waals surface area contributed by atoms with E-state index in [1.807, 2.05) is 0 Å². The first kappa shape index (κ1) is 10.6. The van der Waals surface area contributed by atoms with Gasteiger partial charge in [-0.2, -0.15) is 0 Å². The molecule has 0 radical (unpaired) electrons. The quantitative estimate of drug-likeness (QED) is 0.742. The Morgan fingerprint density at radius 3 is 2.47 bits per heavy atom. The zero-order valence-electron chi connectivity index (χ0n) is 8.80. The van der Waals surface area contributed by atoms with Crippen LogP contribution < -0.4 is 10.9 Å². The molecular weight excluding hydrogens is 191 g/mol. The van der Waals surface area contributed by atoms with Crippen LogP contribution in [0, 0.1) is 5.82 Å². The molecule has 1 saturated carbocycles. The number of halogens is 1. The number of rotatable bonds is 4. The molecule has 1 aliphatic carbocycles. The highest BCUT2D eigenvalue weighted by molar-refractivity contribution is 5.15. The van der Waals surface area contributed by atoms with Crippen molar-refractivity contribution in [3.05, 3.63) is 35.6 Å². The van der Waals surface area contributed by atoms with Crippen molar-refractivity contribution >= 4 is 0 Å². The third kappa shape index (κ3) is 3.29. The van der Waals surface area contributed by atoms with E-state index in [4.69, 9.17) is 0 Å². The fraction of sp³-hybridized carbons (Fsp3) is 0.500. The molecule has 0 spiro atoms. The van der Waals surface area contributed by atoms with Crippen LogP contribution in [-0.2, 0) is 6.54 Å². The van der Waals surface area contributed by atoms with E-state index in [1.54, 1.807) is 12.1 Å². The summed E-state index contributed by atoms with van der Waals surface area (Å²) in [5, 5.41) is 0. The summed E-state index contributed by atoms with van der Waals surface area (Å²) in [5.74, 6) is -0.178. The third-order valence-electron chi connectivity index (χ3n) is 2.87. The van der Waals surface area contributed by atoms with E-state index in [9.17, 15) is 4.39 Å². The smallest absolute Gasteiger partial charge is 0.123 e. The second-order valence-corrected chi connectivity index (χ2v) is 4.11. The molecule has 15 heavy (non-hydrogen) atoms. The van der Waals surface area contributed by atoms with Crippen LogP contribution in [0.4, 0.5) is 4.39 Å². The van der Waals surface area contributed by atoms with Gasteiger partial charge in [-0.15, -0.1) is 0 Å². The first-order valence-corrected chi connectivity index (χ1v) is 5.57. The highest BCUT2D eigenvalue weighted by Crippen LogP contribution is 2.16. The number of hydrogen-bond acceptors (Lipinski definition) is 2. The molecule has 1 fully saturated rings. The van der Waals surface area contributed by atoms with Gasteiger partial charge in [-0.25, -0.2) is 4.39 Å². The Balaban J connectivity index is 1.71. The average molecular weight is 208 g/mol. The van der Waals surface area contributed by atoms with Gasteiger partial charge in [0.1, 0.15) is 5.82 Å². The van der Waals surface area contributed by atoms with E-state index < -0.39 is 0 Å². The molecule has 0 aromatic heterocycles. The van der Waals surface area contributed by atoms with Crippen molar-refractivity contribution in [3.63, 3.8) is 0 Å². The van der Waals surface area contributed by atoms with Crippen molar-refractivity contribution in [3.8, 4) is 0 Å². The van der Waals surface area contributed by atoms with Crippen molar-refractivity contribution in [2.24, 2.45) is 0 Å². The molecule has 3 heteroatoms. The Morgan fingerprint density at radius 2 is 1.80 bits per heavy atom. The molecule has 0 saturated heterocycles. The van der Waals surface area contributed by atoms with Gasteiger partial charge in [-0.05, 0) is 30.5 Å². The fourth-order valence-corrected chi connectivity index (χ4v) is 1.97. The molecule has 0 aliphatic heterocycles.